The first kappa shape index (κ1) is 30.6. The molecule has 13 heteroatoms. The smallest absolute Gasteiger partial charge is 0.328 e. The molecule has 4 rings (SSSR count). The van der Waals surface area contributed by atoms with E-state index in [1.807, 2.05) is 0 Å². The first-order chi connectivity index (χ1) is 18.8. The van der Waals surface area contributed by atoms with Gasteiger partial charge in [0.25, 0.3) is 5.91 Å². The largest absolute Gasteiger partial charge is 0.478 e. The number of carbonyl (C=O) groups is 4. The molecule has 0 aliphatic carbocycles. The van der Waals surface area contributed by atoms with E-state index in [0.717, 1.165) is 12.5 Å². The van der Waals surface area contributed by atoms with Gasteiger partial charge in [0.1, 0.15) is 5.82 Å². The molecule has 0 aromatic heterocycles. The van der Waals surface area contributed by atoms with Crippen LogP contribution in [0.4, 0.5) is 13.2 Å². The number of nitrogens with zero attached hydrogens (tertiary/aromatic N) is 2. The van der Waals surface area contributed by atoms with Crippen LogP contribution < -0.4 is 5.73 Å². The summed E-state index contributed by atoms with van der Waals surface area (Å²) in [6.45, 7) is 1.56. The van der Waals surface area contributed by atoms with Gasteiger partial charge in [0.05, 0.1) is 6.04 Å². The maximum Gasteiger partial charge on any atom is 0.328 e. The Morgan fingerprint density at radius 1 is 1.00 bits per heavy atom. The summed E-state index contributed by atoms with van der Waals surface area (Å²) in [6.07, 6.45) is 1.76. The molecule has 2 aromatic rings. The van der Waals surface area contributed by atoms with E-state index < -0.39 is 35.4 Å². The SMILES string of the molecule is N[C@@H](CC(=O)N1CC[C@H]2CN(C(=O)c3cccc(Cl)c3)C[C@H]21)Cc1cc(F)c(F)cc1F.O=C(O)/C=C/C(=O)O. The lowest BCUT2D eigenvalue weighted by atomic mass is 10.0. The Bertz CT molecular complexity index is 1310. The molecule has 2 aliphatic rings. The first-order valence-corrected chi connectivity index (χ1v) is 12.6. The number of amides is 2. The summed E-state index contributed by atoms with van der Waals surface area (Å²) in [5, 5.41) is 16.1. The Labute approximate surface area is 232 Å². The minimum Gasteiger partial charge on any atom is -0.478 e. The minimum atomic E-state index is -1.27. The summed E-state index contributed by atoms with van der Waals surface area (Å²) in [6, 6.07) is 7.17. The van der Waals surface area contributed by atoms with E-state index in [9.17, 15) is 32.3 Å². The average Bonchev–Trinajstić information content (AvgIpc) is 3.47. The summed E-state index contributed by atoms with van der Waals surface area (Å²) in [4.78, 5) is 48.3. The quantitative estimate of drug-likeness (QED) is 0.337. The van der Waals surface area contributed by atoms with Crippen molar-refractivity contribution in [2.75, 3.05) is 19.6 Å². The second-order valence-electron chi connectivity index (χ2n) is 9.46. The number of nitrogens with two attached hydrogens (primary N) is 1. The van der Waals surface area contributed by atoms with Gasteiger partial charge < -0.3 is 25.7 Å². The molecule has 0 radical (unpaired) electrons. The fourth-order valence-corrected chi connectivity index (χ4v) is 4.99. The van der Waals surface area contributed by atoms with Crippen LogP contribution in [-0.4, -0.2) is 75.5 Å². The van der Waals surface area contributed by atoms with Crippen molar-refractivity contribution < 1.29 is 42.6 Å². The Morgan fingerprint density at radius 2 is 1.65 bits per heavy atom. The van der Waals surface area contributed by atoms with Crippen LogP contribution in [0.2, 0.25) is 5.02 Å². The van der Waals surface area contributed by atoms with Gasteiger partial charge in [0.15, 0.2) is 11.6 Å². The molecule has 3 atom stereocenters. The maximum atomic E-state index is 13.9. The second kappa shape index (κ2) is 13.4. The molecular formula is C27H27ClF3N3O6. The summed E-state index contributed by atoms with van der Waals surface area (Å²) in [5.41, 5.74) is 6.47. The van der Waals surface area contributed by atoms with Crippen molar-refractivity contribution >= 4 is 35.4 Å². The van der Waals surface area contributed by atoms with Crippen molar-refractivity contribution in [2.24, 2.45) is 11.7 Å². The van der Waals surface area contributed by atoms with Gasteiger partial charge in [-0.2, -0.15) is 0 Å². The van der Waals surface area contributed by atoms with Crippen molar-refractivity contribution in [2.45, 2.75) is 31.3 Å². The van der Waals surface area contributed by atoms with Crippen LogP contribution in [0, 0.1) is 23.4 Å². The van der Waals surface area contributed by atoms with Gasteiger partial charge in [-0.25, -0.2) is 22.8 Å². The lowest BCUT2D eigenvalue weighted by Crippen LogP contribution is -2.43. The molecule has 0 saturated carbocycles. The van der Waals surface area contributed by atoms with Gasteiger partial charge >= 0.3 is 11.9 Å². The van der Waals surface area contributed by atoms with Gasteiger partial charge in [0, 0.05) is 66.8 Å². The number of rotatable bonds is 7. The highest BCUT2D eigenvalue weighted by molar-refractivity contribution is 6.30. The van der Waals surface area contributed by atoms with Crippen molar-refractivity contribution in [3.8, 4) is 0 Å². The number of hydrogen-bond donors (Lipinski definition) is 3. The zero-order valence-electron chi connectivity index (χ0n) is 21.1. The molecule has 2 fully saturated rings. The molecule has 0 bridgehead atoms. The molecule has 2 aliphatic heterocycles. The third-order valence-corrected chi connectivity index (χ3v) is 6.84. The topological polar surface area (TPSA) is 141 Å². The Kier molecular flexibility index (Phi) is 10.3. The molecule has 40 heavy (non-hydrogen) atoms. The zero-order chi connectivity index (χ0) is 29.6. The first-order valence-electron chi connectivity index (χ1n) is 12.2. The minimum absolute atomic E-state index is 0.0517. The highest BCUT2D eigenvalue weighted by Gasteiger charge is 2.44. The monoisotopic (exact) mass is 581 g/mol. The third-order valence-electron chi connectivity index (χ3n) is 6.60. The molecule has 0 spiro atoms. The molecule has 9 nitrogen and oxygen atoms in total. The molecule has 2 saturated heterocycles. The molecule has 4 N–H and O–H groups in total. The van der Waals surface area contributed by atoms with Crippen molar-refractivity contribution in [1.82, 2.24) is 9.80 Å². The standard InChI is InChI=1S/C23H23ClF3N3O2.C4H4O4/c24-16-3-1-2-13(6-16)23(32)29-11-14-4-5-30(21(14)12-29)22(31)9-17(28)7-15-8-19(26)20(27)10-18(15)25;5-3(6)1-2-4(7)8/h1-3,6,8,10,14,17,21H,4-5,7,9,11-12,28H2;1-2H,(H,5,6)(H,7,8)/b;2-1+/t14-,17+,21+;/m0./s1. The lowest BCUT2D eigenvalue weighted by Gasteiger charge is -2.26. The Morgan fingerprint density at radius 3 is 2.27 bits per heavy atom. The molecule has 214 valence electrons. The van der Waals surface area contributed by atoms with Gasteiger partial charge in [0.2, 0.25) is 5.91 Å². The van der Waals surface area contributed by atoms with Crippen molar-refractivity contribution in [3.05, 3.63) is 82.2 Å². The summed E-state index contributed by atoms with van der Waals surface area (Å²) >= 11 is 5.99. The van der Waals surface area contributed by atoms with Crippen LogP contribution in [0.5, 0.6) is 0 Å². The van der Waals surface area contributed by atoms with Gasteiger partial charge in [-0.05, 0) is 42.7 Å². The van der Waals surface area contributed by atoms with Crippen LogP contribution in [0.3, 0.4) is 0 Å². The molecule has 2 amide bonds. The fourth-order valence-electron chi connectivity index (χ4n) is 4.80. The van der Waals surface area contributed by atoms with Crippen molar-refractivity contribution in [3.63, 3.8) is 0 Å². The fraction of sp³-hybridized carbons (Fsp3) is 0.333. The molecule has 0 unspecified atom stereocenters. The third kappa shape index (κ3) is 8.06. The zero-order valence-corrected chi connectivity index (χ0v) is 21.9. The van der Waals surface area contributed by atoms with E-state index in [2.05, 4.69) is 0 Å². The summed E-state index contributed by atoms with van der Waals surface area (Å²) in [7, 11) is 0. The molecular weight excluding hydrogens is 555 g/mol. The number of benzene rings is 2. The number of carboxylic acids is 2. The van der Waals surface area contributed by atoms with E-state index in [-0.39, 0.29) is 42.2 Å². The number of likely N-dealkylation sites (tertiary alicyclic amines) is 2. The summed E-state index contributed by atoms with van der Waals surface area (Å²) < 4.78 is 40.4. The van der Waals surface area contributed by atoms with Crippen LogP contribution in [0.1, 0.15) is 28.8 Å². The maximum absolute atomic E-state index is 13.9. The molecule has 2 aromatic carbocycles. The highest BCUT2D eigenvalue weighted by Crippen LogP contribution is 2.33. The Hall–Kier alpha value is -3.90. The number of aliphatic carboxylic acids is 2. The van der Waals surface area contributed by atoms with Crippen LogP contribution in [0.25, 0.3) is 0 Å². The average molecular weight is 582 g/mol. The number of hydrogen-bond acceptors (Lipinski definition) is 5. The van der Waals surface area contributed by atoms with Gasteiger partial charge in [-0.3, -0.25) is 9.59 Å². The predicted octanol–water partition coefficient (Wildman–Crippen LogP) is 3.10. The number of carboxylic acid groups (broad SMARTS) is 2. The van der Waals surface area contributed by atoms with E-state index in [1.54, 1.807) is 34.1 Å². The number of carbonyl (C=O) groups excluding carboxylic acids is 2. The van der Waals surface area contributed by atoms with Crippen molar-refractivity contribution in [1.29, 1.82) is 0 Å². The van der Waals surface area contributed by atoms with E-state index in [0.29, 0.717) is 48.4 Å². The number of halogens is 4. The number of fused-ring (bicyclic) bond motifs is 1. The normalized spacial score (nSPS) is 18.7. The van der Waals surface area contributed by atoms with Gasteiger partial charge in [-0.15, -0.1) is 0 Å². The molecule has 2 heterocycles. The van der Waals surface area contributed by atoms with Crippen LogP contribution >= 0.6 is 11.6 Å². The van der Waals surface area contributed by atoms with E-state index in [1.165, 1.54) is 0 Å². The van der Waals surface area contributed by atoms with Gasteiger partial charge in [-0.1, -0.05) is 17.7 Å². The second-order valence-corrected chi connectivity index (χ2v) is 9.90. The van der Waals surface area contributed by atoms with E-state index >= 15 is 0 Å². The van der Waals surface area contributed by atoms with E-state index in [4.69, 9.17) is 27.5 Å². The van der Waals surface area contributed by atoms with Crippen LogP contribution in [-0.2, 0) is 20.8 Å². The Balaban J connectivity index is 0.000000482. The highest BCUT2D eigenvalue weighted by atomic mass is 35.5. The van der Waals surface area contributed by atoms with Crippen LogP contribution in [0.15, 0.2) is 48.6 Å². The lowest BCUT2D eigenvalue weighted by molar-refractivity contribution is -0.134. The predicted molar refractivity (Wildman–Crippen MR) is 138 cm³/mol. The summed E-state index contributed by atoms with van der Waals surface area (Å²) in [5.74, 6) is -5.96.